The SMILES string of the molecule is Nc1nc(Nc2ccc(C(F)(F)F)cc2)nc2c1ncn2CCN1CCCC1=O. The molecule has 3 heterocycles. The summed E-state index contributed by atoms with van der Waals surface area (Å²) in [4.78, 5) is 26.3. The zero-order valence-corrected chi connectivity index (χ0v) is 15.3. The predicted octanol–water partition coefficient (Wildman–Crippen LogP) is 2.79. The molecule has 1 saturated heterocycles. The lowest BCUT2D eigenvalue weighted by molar-refractivity contribution is -0.137. The molecule has 1 aliphatic heterocycles. The maximum Gasteiger partial charge on any atom is 0.416 e. The number of rotatable bonds is 5. The standard InChI is InChI=1S/C18H18F3N7O/c19-18(20,21)11-3-5-12(6-4-11)24-17-25-15(22)14-16(26-17)28(10-23-14)9-8-27-7-1-2-13(27)29/h3-6,10H,1-2,7-9H2,(H3,22,24,25,26). The molecule has 3 aromatic rings. The van der Waals surface area contributed by atoms with Gasteiger partial charge < -0.3 is 20.5 Å². The average molecular weight is 405 g/mol. The zero-order valence-electron chi connectivity index (χ0n) is 15.3. The Morgan fingerprint density at radius 2 is 1.90 bits per heavy atom. The topological polar surface area (TPSA) is 102 Å². The maximum atomic E-state index is 12.7. The van der Waals surface area contributed by atoms with Gasteiger partial charge in [0.2, 0.25) is 11.9 Å². The van der Waals surface area contributed by atoms with E-state index in [2.05, 4.69) is 20.3 Å². The summed E-state index contributed by atoms with van der Waals surface area (Å²) in [7, 11) is 0. The average Bonchev–Trinajstić information content (AvgIpc) is 3.26. The number of fused-ring (bicyclic) bond motifs is 1. The number of hydrogen-bond donors (Lipinski definition) is 2. The molecule has 1 aromatic carbocycles. The Kier molecular flexibility index (Phi) is 4.73. The van der Waals surface area contributed by atoms with Gasteiger partial charge >= 0.3 is 6.18 Å². The first-order chi connectivity index (χ1) is 13.8. The lowest BCUT2D eigenvalue weighted by Crippen LogP contribution is -2.28. The monoisotopic (exact) mass is 405 g/mol. The summed E-state index contributed by atoms with van der Waals surface area (Å²) in [5, 5.41) is 2.86. The Labute approximate surface area is 163 Å². The molecule has 29 heavy (non-hydrogen) atoms. The van der Waals surface area contributed by atoms with Crippen LogP contribution in [0.3, 0.4) is 0 Å². The van der Waals surface area contributed by atoms with Crippen molar-refractivity contribution in [3.8, 4) is 0 Å². The van der Waals surface area contributed by atoms with E-state index in [1.54, 1.807) is 15.8 Å². The molecule has 152 valence electrons. The number of nitrogens with zero attached hydrogens (tertiary/aromatic N) is 5. The second-order valence-corrected chi connectivity index (χ2v) is 6.73. The molecule has 0 saturated carbocycles. The lowest BCUT2D eigenvalue weighted by Gasteiger charge is -2.15. The van der Waals surface area contributed by atoms with Crippen molar-refractivity contribution in [3.63, 3.8) is 0 Å². The molecule has 11 heteroatoms. The number of benzene rings is 1. The molecule has 8 nitrogen and oxygen atoms in total. The molecule has 1 fully saturated rings. The third-order valence-corrected chi connectivity index (χ3v) is 4.74. The van der Waals surface area contributed by atoms with Crippen LogP contribution in [-0.4, -0.2) is 43.4 Å². The molecule has 1 amide bonds. The van der Waals surface area contributed by atoms with Crippen molar-refractivity contribution >= 4 is 34.5 Å². The highest BCUT2D eigenvalue weighted by Crippen LogP contribution is 2.30. The van der Waals surface area contributed by atoms with Crippen LogP contribution in [0, 0.1) is 0 Å². The maximum absolute atomic E-state index is 12.7. The summed E-state index contributed by atoms with van der Waals surface area (Å²) in [5.41, 5.74) is 6.53. The number of nitrogen functional groups attached to an aromatic ring is 1. The minimum Gasteiger partial charge on any atom is -0.382 e. The summed E-state index contributed by atoms with van der Waals surface area (Å²) >= 11 is 0. The van der Waals surface area contributed by atoms with Crippen LogP contribution in [0.1, 0.15) is 18.4 Å². The number of nitrogens with two attached hydrogens (primary N) is 1. The fraction of sp³-hybridized carbons (Fsp3) is 0.333. The van der Waals surface area contributed by atoms with E-state index in [-0.39, 0.29) is 17.7 Å². The second-order valence-electron chi connectivity index (χ2n) is 6.73. The normalized spacial score (nSPS) is 14.7. The van der Waals surface area contributed by atoms with Gasteiger partial charge in [0.1, 0.15) is 5.52 Å². The van der Waals surface area contributed by atoms with Crippen molar-refractivity contribution in [2.45, 2.75) is 25.6 Å². The van der Waals surface area contributed by atoms with Gasteiger partial charge in [-0.2, -0.15) is 23.1 Å². The number of likely N-dealkylation sites (tertiary alicyclic amines) is 1. The van der Waals surface area contributed by atoms with Gasteiger partial charge in [0.15, 0.2) is 11.5 Å². The number of halogens is 3. The first kappa shape index (κ1) is 19.0. The number of imidazole rings is 1. The molecular weight excluding hydrogens is 387 g/mol. The number of aromatic nitrogens is 4. The van der Waals surface area contributed by atoms with Crippen LogP contribution in [0.25, 0.3) is 11.2 Å². The largest absolute Gasteiger partial charge is 0.416 e. The Bertz CT molecular complexity index is 1050. The first-order valence-corrected chi connectivity index (χ1v) is 9.01. The number of amides is 1. The molecule has 1 aliphatic rings. The van der Waals surface area contributed by atoms with Gasteiger partial charge in [-0.15, -0.1) is 0 Å². The molecule has 0 unspecified atom stereocenters. The Morgan fingerprint density at radius 1 is 1.14 bits per heavy atom. The number of hydrogen-bond acceptors (Lipinski definition) is 6. The van der Waals surface area contributed by atoms with Gasteiger partial charge in [-0.1, -0.05) is 0 Å². The summed E-state index contributed by atoms with van der Waals surface area (Å²) in [6.45, 7) is 1.78. The van der Waals surface area contributed by atoms with E-state index in [1.807, 2.05) is 0 Å². The first-order valence-electron chi connectivity index (χ1n) is 9.01. The van der Waals surface area contributed by atoms with E-state index < -0.39 is 11.7 Å². The van der Waals surface area contributed by atoms with Crippen LogP contribution in [-0.2, 0) is 17.5 Å². The third-order valence-electron chi connectivity index (χ3n) is 4.74. The highest BCUT2D eigenvalue weighted by Gasteiger charge is 2.30. The quantitative estimate of drug-likeness (QED) is 0.677. The minimum absolute atomic E-state index is 0.133. The van der Waals surface area contributed by atoms with Crippen molar-refractivity contribution in [2.24, 2.45) is 0 Å². The number of carbonyl (C=O) groups is 1. The van der Waals surface area contributed by atoms with Crippen molar-refractivity contribution in [1.82, 2.24) is 24.4 Å². The molecule has 0 aliphatic carbocycles. The molecule has 2 aromatic heterocycles. The molecule has 0 radical (unpaired) electrons. The van der Waals surface area contributed by atoms with Crippen LogP contribution in [0.2, 0.25) is 0 Å². The number of carbonyl (C=O) groups excluding carboxylic acids is 1. The van der Waals surface area contributed by atoms with E-state index >= 15 is 0 Å². The van der Waals surface area contributed by atoms with Gasteiger partial charge in [-0.3, -0.25) is 4.79 Å². The van der Waals surface area contributed by atoms with Crippen LogP contribution in [0.15, 0.2) is 30.6 Å². The molecule has 0 atom stereocenters. The summed E-state index contributed by atoms with van der Waals surface area (Å²) in [6.07, 6.45) is -1.39. The van der Waals surface area contributed by atoms with E-state index in [4.69, 9.17) is 5.73 Å². The summed E-state index contributed by atoms with van der Waals surface area (Å²) in [5.74, 6) is 0.433. The Morgan fingerprint density at radius 3 is 2.55 bits per heavy atom. The lowest BCUT2D eigenvalue weighted by atomic mass is 10.2. The number of anilines is 3. The Hall–Kier alpha value is -3.37. The molecule has 0 spiro atoms. The summed E-state index contributed by atoms with van der Waals surface area (Å²) in [6, 6.07) is 4.54. The number of alkyl halides is 3. The third kappa shape index (κ3) is 3.93. The fourth-order valence-electron chi connectivity index (χ4n) is 3.23. The second kappa shape index (κ2) is 7.22. The van der Waals surface area contributed by atoms with Crippen molar-refractivity contribution < 1.29 is 18.0 Å². The van der Waals surface area contributed by atoms with E-state index in [0.29, 0.717) is 36.4 Å². The molecular formula is C18H18F3N7O. The fourth-order valence-corrected chi connectivity index (χ4v) is 3.23. The Balaban J connectivity index is 1.55. The smallest absolute Gasteiger partial charge is 0.382 e. The van der Waals surface area contributed by atoms with Gasteiger partial charge in [0, 0.05) is 31.7 Å². The van der Waals surface area contributed by atoms with Crippen molar-refractivity contribution in [1.29, 1.82) is 0 Å². The predicted molar refractivity (Wildman–Crippen MR) is 100 cm³/mol. The number of nitrogens with one attached hydrogen (secondary N) is 1. The highest BCUT2D eigenvalue weighted by atomic mass is 19.4. The van der Waals surface area contributed by atoms with Crippen LogP contribution in [0.5, 0.6) is 0 Å². The van der Waals surface area contributed by atoms with E-state index in [1.165, 1.54) is 12.1 Å². The van der Waals surface area contributed by atoms with Crippen LogP contribution in [0.4, 0.5) is 30.6 Å². The van der Waals surface area contributed by atoms with Crippen LogP contribution >= 0.6 is 0 Å². The summed E-state index contributed by atoms with van der Waals surface area (Å²) < 4.78 is 39.9. The highest BCUT2D eigenvalue weighted by molar-refractivity contribution is 5.83. The molecule has 3 N–H and O–H groups in total. The minimum atomic E-state index is -4.40. The van der Waals surface area contributed by atoms with E-state index in [0.717, 1.165) is 25.1 Å². The molecule has 0 bridgehead atoms. The van der Waals surface area contributed by atoms with Crippen molar-refractivity contribution in [3.05, 3.63) is 36.2 Å². The van der Waals surface area contributed by atoms with E-state index in [9.17, 15) is 18.0 Å². The zero-order chi connectivity index (χ0) is 20.6. The van der Waals surface area contributed by atoms with Gasteiger partial charge in [0.05, 0.1) is 11.9 Å². The molecule has 4 rings (SSSR count). The van der Waals surface area contributed by atoms with Crippen molar-refractivity contribution in [2.75, 3.05) is 24.1 Å². The van der Waals surface area contributed by atoms with Gasteiger partial charge in [-0.05, 0) is 30.7 Å². The van der Waals surface area contributed by atoms with Gasteiger partial charge in [-0.25, -0.2) is 4.98 Å². The van der Waals surface area contributed by atoms with Gasteiger partial charge in [0.25, 0.3) is 0 Å². The van der Waals surface area contributed by atoms with Crippen LogP contribution < -0.4 is 11.1 Å².